The summed E-state index contributed by atoms with van der Waals surface area (Å²) in [5.41, 5.74) is 3.74. The van der Waals surface area contributed by atoms with Crippen molar-refractivity contribution >= 4 is 22.7 Å². The largest absolute Gasteiger partial charge is 0.477 e. The van der Waals surface area contributed by atoms with Crippen molar-refractivity contribution in [2.24, 2.45) is 0 Å². The van der Waals surface area contributed by atoms with Crippen LogP contribution in [0.15, 0.2) is 54.6 Å². The molecule has 1 fully saturated rings. The third-order valence-electron chi connectivity index (χ3n) is 7.34. The van der Waals surface area contributed by atoms with Gasteiger partial charge in [0.1, 0.15) is 23.8 Å². The molecule has 1 N–H and O–H groups in total. The van der Waals surface area contributed by atoms with Crippen LogP contribution in [0.25, 0.3) is 16.7 Å². The van der Waals surface area contributed by atoms with Crippen molar-refractivity contribution in [2.75, 3.05) is 19.7 Å². The van der Waals surface area contributed by atoms with E-state index < -0.39 is 11.8 Å². The van der Waals surface area contributed by atoms with Gasteiger partial charge in [-0.3, -0.25) is 4.90 Å². The van der Waals surface area contributed by atoms with Gasteiger partial charge in [0.05, 0.1) is 36.5 Å². The lowest BCUT2D eigenvalue weighted by Gasteiger charge is -2.29. The Morgan fingerprint density at radius 3 is 2.78 bits per heavy atom. The van der Waals surface area contributed by atoms with Crippen LogP contribution in [0.4, 0.5) is 4.39 Å². The Labute approximate surface area is 235 Å². The zero-order valence-corrected chi connectivity index (χ0v) is 22.2. The lowest BCUT2D eigenvalue weighted by Crippen LogP contribution is -2.34. The van der Waals surface area contributed by atoms with E-state index >= 15 is 0 Å². The van der Waals surface area contributed by atoms with Crippen molar-refractivity contribution in [1.29, 1.82) is 5.26 Å². The fourth-order valence-corrected chi connectivity index (χ4v) is 4.96. The molecule has 6 rings (SSSR count). The number of benzene rings is 1. The van der Waals surface area contributed by atoms with Crippen LogP contribution in [0.1, 0.15) is 46.0 Å². The number of ether oxygens (including phenoxy) is 2. The average molecular weight is 555 g/mol. The summed E-state index contributed by atoms with van der Waals surface area (Å²) in [7, 11) is 0. The van der Waals surface area contributed by atoms with Gasteiger partial charge in [-0.25, -0.2) is 24.1 Å². The number of hydrogen-bond donors (Lipinski definition) is 1. The number of aromatic nitrogens is 4. The number of nitrogens with zero attached hydrogens (tertiary/aromatic N) is 6. The highest BCUT2D eigenvalue weighted by Gasteiger charge is 2.24. The standard InChI is InChI=1S/C30H27FN6O4/c31-23-14-19(15-32)4-5-21(23)18-41-28-3-1-2-24(34-28)20-8-11-36(12-9-20)17-27-33-25-6-7-26(30(38)39)35-29(25)37(27)16-22-10-13-40-22/h1-8,14,22H,9-13,16-18H2,(H,38,39)/t22-/m0/s1. The molecule has 0 amide bonds. The molecule has 4 aromatic rings. The summed E-state index contributed by atoms with van der Waals surface area (Å²) in [6.07, 6.45) is 3.93. The summed E-state index contributed by atoms with van der Waals surface area (Å²) >= 11 is 0. The Hall–Kier alpha value is -4.66. The quantitative estimate of drug-likeness (QED) is 0.324. The summed E-state index contributed by atoms with van der Waals surface area (Å²) in [5, 5.41) is 18.3. The molecule has 1 atom stereocenters. The van der Waals surface area contributed by atoms with Crippen LogP contribution in [-0.2, 0) is 24.4 Å². The minimum atomic E-state index is -1.07. The van der Waals surface area contributed by atoms with Crippen LogP contribution >= 0.6 is 0 Å². The number of rotatable bonds is 9. The van der Waals surface area contributed by atoms with Crippen LogP contribution < -0.4 is 4.74 Å². The van der Waals surface area contributed by atoms with Gasteiger partial charge < -0.3 is 19.1 Å². The molecule has 0 spiro atoms. The molecular formula is C30H27FN6O4. The van der Waals surface area contributed by atoms with Gasteiger partial charge in [0.25, 0.3) is 0 Å². The molecular weight excluding hydrogens is 527 g/mol. The molecule has 11 heteroatoms. The maximum absolute atomic E-state index is 14.2. The van der Waals surface area contributed by atoms with Gasteiger partial charge in [-0.15, -0.1) is 0 Å². The number of pyridine rings is 2. The van der Waals surface area contributed by atoms with Gasteiger partial charge in [-0.05, 0) is 48.7 Å². The first-order valence-electron chi connectivity index (χ1n) is 13.4. The van der Waals surface area contributed by atoms with Gasteiger partial charge in [-0.1, -0.05) is 18.2 Å². The van der Waals surface area contributed by atoms with Crippen molar-refractivity contribution in [3.63, 3.8) is 0 Å². The van der Waals surface area contributed by atoms with Crippen LogP contribution in [0.5, 0.6) is 5.88 Å². The number of halogens is 1. The highest BCUT2D eigenvalue weighted by molar-refractivity contribution is 5.88. The van der Waals surface area contributed by atoms with Crippen molar-refractivity contribution in [3.8, 4) is 11.9 Å². The zero-order chi connectivity index (χ0) is 28.3. The third kappa shape index (κ3) is 5.79. The number of carbonyl (C=O) groups is 1. The lowest BCUT2D eigenvalue weighted by atomic mass is 10.0. The molecule has 1 aromatic carbocycles. The Balaban J connectivity index is 1.14. The van der Waals surface area contributed by atoms with E-state index in [2.05, 4.69) is 20.9 Å². The van der Waals surface area contributed by atoms with Crippen molar-refractivity contribution in [1.82, 2.24) is 24.4 Å². The van der Waals surface area contributed by atoms with Crippen LogP contribution in [0.3, 0.4) is 0 Å². The summed E-state index contributed by atoms with van der Waals surface area (Å²) in [6.45, 7) is 3.38. The number of hydrogen-bond acceptors (Lipinski definition) is 8. The molecule has 2 aliphatic rings. The highest BCUT2D eigenvalue weighted by atomic mass is 19.1. The smallest absolute Gasteiger partial charge is 0.354 e. The fourth-order valence-electron chi connectivity index (χ4n) is 4.96. The Kier molecular flexibility index (Phi) is 7.41. The Morgan fingerprint density at radius 2 is 2.07 bits per heavy atom. The maximum atomic E-state index is 14.2. The van der Waals surface area contributed by atoms with Crippen LogP contribution in [0.2, 0.25) is 0 Å². The number of imidazole rings is 1. The zero-order valence-electron chi connectivity index (χ0n) is 22.2. The highest BCUT2D eigenvalue weighted by Crippen LogP contribution is 2.26. The molecule has 41 heavy (non-hydrogen) atoms. The molecule has 0 saturated carbocycles. The summed E-state index contributed by atoms with van der Waals surface area (Å²) < 4.78 is 27.6. The normalized spacial score (nSPS) is 17.1. The molecule has 5 heterocycles. The van der Waals surface area contributed by atoms with Crippen molar-refractivity contribution in [2.45, 2.75) is 38.6 Å². The Bertz CT molecular complexity index is 1690. The molecule has 3 aromatic heterocycles. The topological polar surface area (TPSA) is 126 Å². The second-order valence-electron chi connectivity index (χ2n) is 10.0. The van der Waals surface area contributed by atoms with Gasteiger partial charge in [0.15, 0.2) is 11.3 Å². The molecule has 10 nitrogen and oxygen atoms in total. The lowest BCUT2D eigenvalue weighted by molar-refractivity contribution is -0.0592. The first-order chi connectivity index (χ1) is 20.0. The molecule has 208 valence electrons. The van der Waals surface area contributed by atoms with E-state index in [1.165, 1.54) is 12.1 Å². The molecule has 0 bridgehead atoms. The van der Waals surface area contributed by atoms with Crippen molar-refractivity contribution < 1.29 is 23.8 Å². The predicted molar refractivity (Wildman–Crippen MR) is 146 cm³/mol. The van der Waals surface area contributed by atoms with Gasteiger partial charge in [0.2, 0.25) is 5.88 Å². The SMILES string of the molecule is N#Cc1ccc(COc2cccc(C3=CCN(Cc4nc5ccc(C(=O)O)nc5n4C[C@@H]4CCO4)CC3)n2)c(F)c1. The van der Waals surface area contributed by atoms with E-state index in [1.54, 1.807) is 24.3 Å². The number of fused-ring (bicyclic) bond motifs is 1. The van der Waals surface area contributed by atoms with Crippen molar-refractivity contribution in [3.05, 3.63) is 88.8 Å². The minimum absolute atomic E-state index is 0.00831. The number of nitriles is 1. The summed E-state index contributed by atoms with van der Waals surface area (Å²) in [4.78, 5) is 27.6. The van der Waals surface area contributed by atoms with E-state index in [0.29, 0.717) is 42.2 Å². The molecule has 0 aliphatic carbocycles. The summed E-state index contributed by atoms with van der Waals surface area (Å²) in [5.74, 6) is -0.331. The van der Waals surface area contributed by atoms with E-state index in [4.69, 9.17) is 19.7 Å². The molecule has 2 aliphatic heterocycles. The first-order valence-corrected chi connectivity index (χ1v) is 13.4. The first kappa shape index (κ1) is 26.6. The summed E-state index contributed by atoms with van der Waals surface area (Å²) in [6, 6.07) is 14.9. The molecule has 0 radical (unpaired) electrons. The monoisotopic (exact) mass is 554 g/mol. The van der Waals surface area contributed by atoms with E-state index in [-0.39, 0.29) is 24.0 Å². The Morgan fingerprint density at radius 1 is 1.20 bits per heavy atom. The fraction of sp³-hybridized carbons (Fsp3) is 0.300. The maximum Gasteiger partial charge on any atom is 0.354 e. The third-order valence-corrected chi connectivity index (χ3v) is 7.34. The predicted octanol–water partition coefficient (Wildman–Crippen LogP) is 4.19. The molecule has 1 saturated heterocycles. The number of carboxylic acid groups (broad SMARTS) is 1. The van der Waals surface area contributed by atoms with E-state index in [9.17, 15) is 14.3 Å². The van der Waals surface area contributed by atoms with E-state index in [0.717, 1.165) is 43.1 Å². The van der Waals surface area contributed by atoms with Crippen LogP contribution in [-0.4, -0.2) is 61.3 Å². The number of aromatic carboxylic acids is 1. The van der Waals surface area contributed by atoms with Gasteiger partial charge in [0, 0.05) is 31.3 Å². The molecule has 0 unspecified atom stereocenters. The second kappa shape index (κ2) is 11.4. The van der Waals surface area contributed by atoms with Gasteiger partial charge >= 0.3 is 5.97 Å². The second-order valence-corrected chi connectivity index (χ2v) is 10.0. The number of carboxylic acids is 1. The van der Waals surface area contributed by atoms with Gasteiger partial charge in [-0.2, -0.15) is 5.26 Å². The van der Waals surface area contributed by atoms with Crippen LogP contribution in [0, 0.1) is 17.1 Å². The van der Waals surface area contributed by atoms with E-state index in [1.807, 2.05) is 22.8 Å². The minimum Gasteiger partial charge on any atom is -0.477 e. The average Bonchev–Trinajstić information content (AvgIpc) is 3.30.